The molecule has 1 N–H and O–H groups in total. The van der Waals surface area contributed by atoms with Crippen LogP contribution in [0.3, 0.4) is 0 Å². The Labute approximate surface area is 159 Å². The molecule has 1 aromatic heterocycles. The summed E-state index contributed by atoms with van der Waals surface area (Å²) in [4.78, 5) is 18.5. The van der Waals surface area contributed by atoms with E-state index < -0.39 is 0 Å². The second-order valence-corrected chi connectivity index (χ2v) is 7.24. The van der Waals surface area contributed by atoms with Crippen LogP contribution in [0.4, 0.5) is 10.1 Å². The Morgan fingerprint density at radius 2 is 2.08 bits per heavy atom. The van der Waals surface area contributed by atoms with Gasteiger partial charge < -0.3 is 9.73 Å². The van der Waals surface area contributed by atoms with Gasteiger partial charge in [0.1, 0.15) is 11.3 Å². The third-order valence-electron chi connectivity index (χ3n) is 4.10. The first kappa shape index (κ1) is 18.5. The van der Waals surface area contributed by atoms with Gasteiger partial charge >= 0.3 is 0 Å². The molecule has 0 unspecified atom stereocenters. The monoisotopic (exact) mass is 419 g/mol. The Hall–Kier alpha value is -2.25. The predicted octanol–water partition coefficient (Wildman–Crippen LogP) is 4.68. The number of hydrogen-bond acceptors (Lipinski definition) is 4. The highest BCUT2D eigenvalue weighted by molar-refractivity contribution is 9.10. The number of carbonyl (C=O) groups is 1. The lowest BCUT2D eigenvalue weighted by Crippen LogP contribution is -2.34. The zero-order valence-electron chi connectivity index (χ0n) is 14.7. The number of halogens is 2. The molecule has 5 nitrogen and oxygen atoms in total. The zero-order chi connectivity index (χ0) is 18.8. The molecule has 0 fully saturated rings. The van der Waals surface area contributed by atoms with Crippen LogP contribution in [-0.4, -0.2) is 35.4 Å². The molecule has 3 rings (SSSR count). The van der Waals surface area contributed by atoms with Gasteiger partial charge in [0.15, 0.2) is 5.58 Å². The van der Waals surface area contributed by atoms with Crippen LogP contribution < -0.4 is 5.32 Å². The minimum atomic E-state index is -0.368. The van der Waals surface area contributed by atoms with Gasteiger partial charge in [0.25, 0.3) is 0 Å². The summed E-state index contributed by atoms with van der Waals surface area (Å²) in [5.41, 5.74) is 2.32. The van der Waals surface area contributed by atoms with Gasteiger partial charge in [0, 0.05) is 16.2 Å². The third-order valence-corrected chi connectivity index (χ3v) is 4.80. The number of oxazole rings is 1. The summed E-state index contributed by atoms with van der Waals surface area (Å²) in [6.07, 6.45) is 0. The Balaban J connectivity index is 1.84. The lowest BCUT2D eigenvalue weighted by molar-refractivity contribution is -0.117. The Bertz CT molecular complexity index is 955. The average molecular weight is 420 g/mol. The van der Waals surface area contributed by atoms with E-state index in [4.69, 9.17) is 4.42 Å². The molecule has 26 heavy (non-hydrogen) atoms. The van der Waals surface area contributed by atoms with Crippen molar-refractivity contribution in [2.45, 2.75) is 19.9 Å². The van der Waals surface area contributed by atoms with E-state index in [0.717, 1.165) is 0 Å². The number of amides is 1. The van der Waals surface area contributed by atoms with Crippen molar-refractivity contribution >= 4 is 38.6 Å². The van der Waals surface area contributed by atoms with Crippen LogP contribution in [0, 0.1) is 5.82 Å². The number of hydrogen-bond donors (Lipinski definition) is 1. The van der Waals surface area contributed by atoms with Crippen molar-refractivity contribution in [2.24, 2.45) is 0 Å². The normalized spacial score (nSPS) is 11.5. The Morgan fingerprint density at radius 1 is 1.31 bits per heavy atom. The van der Waals surface area contributed by atoms with Crippen molar-refractivity contribution in [3.05, 3.63) is 46.7 Å². The third kappa shape index (κ3) is 4.11. The summed E-state index contributed by atoms with van der Waals surface area (Å²) in [6.45, 7) is 4.36. The number of nitrogens with one attached hydrogen (secondary N) is 1. The van der Waals surface area contributed by atoms with Crippen molar-refractivity contribution in [3.8, 4) is 11.5 Å². The summed E-state index contributed by atoms with van der Waals surface area (Å²) in [5, 5.41) is 2.86. The maximum Gasteiger partial charge on any atom is 0.238 e. The van der Waals surface area contributed by atoms with Crippen molar-refractivity contribution < 1.29 is 13.6 Å². The largest absolute Gasteiger partial charge is 0.436 e. The Morgan fingerprint density at radius 3 is 2.81 bits per heavy atom. The molecule has 0 aliphatic heterocycles. The molecular weight excluding hydrogens is 401 g/mol. The van der Waals surface area contributed by atoms with Crippen molar-refractivity contribution in [3.63, 3.8) is 0 Å². The van der Waals surface area contributed by atoms with Gasteiger partial charge in [-0.2, -0.15) is 0 Å². The first-order valence-corrected chi connectivity index (χ1v) is 8.99. The van der Waals surface area contributed by atoms with Crippen molar-refractivity contribution in [2.75, 3.05) is 18.9 Å². The van der Waals surface area contributed by atoms with Crippen LogP contribution in [0.5, 0.6) is 0 Å². The van der Waals surface area contributed by atoms with E-state index in [0.29, 0.717) is 39.3 Å². The van der Waals surface area contributed by atoms with Crippen LogP contribution in [0.2, 0.25) is 0 Å². The molecule has 3 aromatic rings. The summed E-state index contributed by atoms with van der Waals surface area (Å²) >= 11 is 3.38. The highest BCUT2D eigenvalue weighted by Gasteiger charge is 2.14. The van der Waals surface area contributed by atoms with Crippen molar-refractivity contribution in [1.29, 1.82) is 0 Å². The van der Waals surface area contributed by atoms with E-state index in [1.54, 1.807) is 24.3 Å². The Kier molecular flexibility index (Phi) is 5.38. The number of rotatable bonds is 5. The molecule has 0 bridgehead atoms. The van der Waals surface area contributed by atoms with Gasteiger partial charge in [0.05, 0.1) is 12.1 Å². The predicted molar refractivity (Wildman–Crippen MR) is 103 cm³/mol. The molecule has 1 heterocycles. The van der Waals surface area contributed by atoms with E-state index in [1.807, 2.05) is 25.8 Å². The molecule has 0 radical (unpaired) electrons. The molecule has 0 aliphatic rings. The topological polar surface area (TPSA) is 58.4 Å². The molecule has 0 atom stereocenters. The average Bonchev–Trinajstić information content (AvgIpc) is 2.99. The number of nitrogens with zero attached hydrogens (tertiary/aromatic N) is 2. The first-order chi connectivity index (χ1) is 12.3. The highest BCUT2D eigenvalue weighted by Crippen LogP contribution is 2.31. The number of fused-ring (bicyclic) bond motifs is 1. The number of benzene rings is 2. The fraction of sp³-hybridized carbons (Fsp3) is 0.263. The molecule has 0 spiro atoms. The van der Waals surface area contributed by atoms with Crippen LogP contribution in [0.25, 0.3) is 22.6 Å². The number of likely N-dealkylation sites (N-methyl/N-ethyl adjacent to an activating group) is 1. The van der Waals surface area contributed by atoms with Crippen molar-refractivity contribution in [1.82, 2.24) is 9.88 Å². The van der Waals surface area contributed by atoms with Crippen LogP contribution in [0.1, 0.15) is 13.8 Å². The van der Waals surface area contributed by atoms with E-state index >= 15 is 0 Å². The summed E-state index contributed by atoms with van der Waals surface area (Å²) < 4.78 is 19.9. The van der Waals surface area contributed by atoms with Crippen LogP contribution in [-0.2, 0) is 4.79 Å². The standard InChI is InChI=1S/C19H19BrFN3O2/c1-11(2)24(3)10-18(25)22-13-5-7-17-16(9-13)23-19(26-17)14-8-12(21)4-6-15(14)20/h4-9,11H,10H2,1-3H3,(H,22,25). The molecule has 136 valence electrons. The maximum atomic E-state index is 13.5. The molecule has 1 amide bonds. The van der Waals surface area contributed by atoms with E-state index in [1.165, 1.54) is 12.1 Å². The fourth-order valence-electron chi connectivity index (χ4n) is 2.39. The lowest BCUT2D eigenvalue weighted by Gasteiger charge is -2.20. The summed E-state index contributed by atoms with van der Waals surface area (Å²) in [6, 6.07) is 9.84. The summed E-state index contributed by atoms with van der Waals surface area (Å²) in [7, 11) is 1.90. The number of aromatic nitrogens is 1. The summed E-state index contributed by atoms with van der Waals surface area (Å²) in [5.74, 6) is -0.154. The smallest absolute Gasteiger partial charge is 0.238 e. The van der Waals surface area contributed by atoms with Gasteiger partial charge in [-0.1, -0.05) is 0 Å². The fourth-order valence-corrected chi connectivity index (χ4v) is 2.81. The van der Waals surface area contributed by atoms with E-state index in [-0.39, 0.29) is 17.8 Å². The van der Waals surface area contributed by atoms with Gasteiger partial charge in [0.2, 0.25) is 11.8 Å². The molecule has 2 aromatic carbocycles. The quantitative estimate of drug-likeness (QED) is 0.652. The second kappa shape index (κ2) is 7.55. The van der Waals surface area contributed by atoms with Crippen LogP contribution >= 0.6 is 15.9 Å². The van der Waals surface area contributed by atoms with Gasteiger partial charge in [-0.05, 0) is 73.2 Å². The molecular formula is C19H19BrFN3O2. The van der Waals surface area contributed by atoms with Gasteiger partial charge in [-0.15, -0.1) is 0 Å². The van der Waals surface area contributed by atoms with E-state index in [2.05, 4.69) is 26.2 Å². The lowest BCUT2D eigenvalue weighted by atomic mass is 10.2. The molecule has 7 heteroatoms. The first-order valence-electron chi connectivity index (χ1n) is 8.19. The molecule has 0 saturated carbocycles. The maximum absolute atomic E-state index is 13.5. The highest BCUT2D eigenvalue weighted by atomic mass is 79.9. The van der Waals surface area contributed by atoms with Gasteiger partial charge in [-0.25, -0.2) is 9.37 Å². The molecule has 0 saturated heterocycles. The molecule has 0 aliphatic carbocycles. The SMILES string of the molecule is CC(C)N(C)CC(=O)Nc1ccc2oc(-c3cc(F)ccc3Br)nc2c1. The zero-order valence-corrected chi connectivity index (χ0v) is 16.3. The van der Waals surface area contributed by atoms with Crippen LogP contribution in [0.15, 0.2) is 45.3 Å². The minimum absolute atomic E-state index is 0.0999. The second-order valence-electron chi connectivity index (χ2n) is 6.38. The van der Waals surface area contributed by atoms with Gasteiger partial charge in [-0.3, -0.25) is 9.69 Å². The minimum Gasteiger partial charge on any atom is -0.436 e. The number of carbonyl (C=O) groups excluding carboxylic acids is 1. The van der Waals surface area contributed by atoms with E-state index in [9.17, 15) is 9.18 Å². The number of anilines is 1.